The molecule has 1 aliphatic rings. The fourth-order valence-electron chi connectivity index (χ4n) is 3.69. The zero-order valence-electron chi connectivity index (χ0n) is 17.2. The number of phenols is 1. The van der Waals surface area contributed by atoms with Crippen molar-refractivity contribution in [3.8, 4) is 40.5 Å². The van der Waals surface area contributed by atoms with Gasteiger partial charge in [0, 0.05) is 11.6 Å². The number of benzene rings is 2. The van der Waals surface area contributed by atoms with Crippen LogP contribution in [0.3, 0.4) is 0 Å². The number of hydrogen-bond donors (Lipinski definition) is 3. The SMILES string of the molecule is CCOc1ccc(-c2[nH]nc3c2C(c2ccc(O)cc2)C(C#N)=C(N)O3)c(OCC)c1. The summed E-state index contributed by atoms with van der Waals surface area (Å²) in [6.45, 7) is 4.82. The molecular formula is C23H22N4O4. The number of hydrogen-bond acceptors (Lipinski definition) is 7. The van der Waals surface area contributed by atoms with Crippen LogP contribution in [0, 0.1) is 11.3 Å². The maximum atomic E-state index is 9.82. The average molecular weight is 418 g/mol. The van der Waals surface area contributed by atoms with Crippen molar-refractivity contribution < 1.29 is 19.3 Å². The molecule has 4 rings (SSSR count). The standard InChI is InChI=1S/C23H22N4O4/c1-3-29-15-9-10-16(18(11-15)30-4-2)21-20-19(13-5-7-14(28)8-6-13)17(12-24)22(25)31-23(20)27-26-21/h5-11,19,28H,3-4,25H2,1-2H3,(H,26,27). The number of nitrogens with two attached hydrogens (primary N) is 1. The van der Waals surface area contributed by atoms with Gasteiger partial charge in [0.2, 0.25) is 11.8 Å². The number of ether oxygens (including phenoxy) is 3. The molecule has 8 heteroatoms. The van der Waals surface area contributed by atoms with Gasteiger partial charge < -0.3 is 25.1 Å². The quantitative estimate of drug-likeness (QED) is 0.556. The predicted octanol–water partition coefficient (Wildman–Crippen LogP) is 3.80. The van der Waals surface area contributed by atoms with E-state index in [9.17, 15) is 10.4 Å². The first kappa shape index (κ1) is 20.2. The van der Waals surface area contributed by atoms with Gasteiger partial charge >= 0.3 is 0 Å². The molecule has 2 aromatic carbocycles. The maximum Gasteiger partial charge on any atom is 0.244 e. The molecule has 1 atom stereocenters. The third kappa shape index (κ3) is 3.62. The van der Waals surface area contributed by atoms with Crippen LogP contribution in [0.25, 0.3) is 11.3 Å². The Balaban J connectivity index is 1.91. The summed E-state index contributed by atoms with van der Waals surface area (Å²) in [5.41, 5.74) is 9.15. The van der Waals surface area contributed by atoms with E-state index in [1.165, 1.54) is 0 Å². The van der Waals surface area contributed by atoms with E-state index in [0.717, 1.165) is 11.1 Å². The molecule has 4 N–H and O–H groups in total. The van der Waals surface area contributed by atoms with Crippen LogP contribution in [0.15, 0.2) is 53.9 Å². The highest BCUT2D eigenvalue weighted by Gasteiger charge is 2.36. The minimum Gasteiger partial charge on any atom is -0.508 e. The van der Waals surface area contributed by atoms with Crippen molar-refractivity contribution in [1.29, 1.82) is 5.26 Å². The first-order valence-corrected chi connectivity index (χ1v) is 9.92. The molecule has 2 heterocycles. The van der Waals surface area contributed by atoms with Crippen LogP contribution in [0.5, 0.6) is 23.1 Å². The van der Waals surface area contributed by atoms with Gasteiger partial charge in [-0.25, -0.2) is 0 Å². The number of allylic oxidation sites excluding steroid dienone is 1. The van der Waals surface area contributed by atoms with E-state index in [1.54, 1.807) is 24.3 Å². The first-order valence-electron chi connectivity index (χ1n) is 9.92. The molecule has 3 aromatic rings. The summed E-state index contributed by atoms with van der Waals surface area (Å²) in [7, 11) is 0. The highest BCUT2D eigenvalue weighted by atomic mass is 16.5. The van der Waals surface area contributed by atoms with Gasteiger partial charge in [0.1, 0.15) is 28.9 Å². The summed E-state index contributed by atoms with van der Waals surface area (Å²) in [6, 6.07) is 14.4. The van der Waals surface area contributed by atoms with Crippen LogP contribution in [-0.2, 0) is 0 Å². The van der Waals surface area contributed by atoms with Crippen LogP contribution in [0.2, 0.25) is 0 Å². The summed E-state index contributed by atoms with van der Waals surface area (Å²) in [5.74, 6) is 1.21. The van der Waals surface area contributed by atoms with E-state index in [2.05, 4.69) is 16.3 Å². The van der Waals surface area contributed by atoms with Gasteiger partial charge in [-0.2, -0.15) is 5.26 Å². The van der Waals surface area contributed by atoms with E-state index in [0.29, 0.717) is 41.9 Å². The maximum absolute atomic E-state index is 9.82. The summed E-state index contributed by atoms with van der Waals surface area (Å²) in [6.07, 6.45) is 0. The number of H-pyrrole nitrogens is 1. The molecule has 0 radical (unpaired) electrons. The van der Waals surface area contributed by atoms with Gasteiger partial charge in [0.25, 0.3) is 0 Å². The summed E-state index contributed by atoms with van der Waals surface area (Å²) < 4.78 is 17.1. The Bertz CT molecular complexity index is 1180. The lowest BCUT2D eigenvalue weighted by molar-refractivity contribution is 0.324. The number of rotatable bonds is 6. The fraction of sp³-hybridized carbons (Fsp3) is 0.217. The molecule has 1 unspecified atom stereocenters. The molecule has 1 aliphatic heterocycles. The first-order chi connectivity index (χ1) is 15.1. The monoisotopic (exact) mass is 418 g/mol. The third-order valence-electron chi connectivity index (χ3n) is 5.00. The van der Waals surface area contributed by atoms with Crippen molar-refractivity contribution in [3.63, 3.8) is 0 Å². The highest BCUT2D eigenvalue weighted by molar-refractivity contribution is 5.76. The van der Waals surface area contributed by atoms with Gasteiger partial charge in [-0.05, 0) is 43.7 Å². The predicted molar refractivity (Wildman–Crippen MR) is 114 cm³/mol. The summed E-state index contributed by atoms with van der Waals surface area (Å²) in [5, 5.41) is 26.8. The molecule has 1 aromatic heterocycles. The molecule has 31 heavy (non-hydrogen) atoms. The van der Waals surface area contributed by atoms with Gasteiger partial charge in [-0.1, -0.05) is 12.1 Å². The van der Waals surface area contributed by atoms with Crippen LogP contribution in [-0.4, -0.2) is 28.5 Å². The summed E-state index contributed by atoms with van der Waals surface area (Å²) in [4.78, 5) is 0. The smallest absolute Gasteiger partial charge is 0.244 e. The minimum absolute atomic E-state index is 0.00264. The molecule has 158 valence electrons. The van der Waals surface area contributed by atoms with Crippen LogP contribution >= 0.6 is 0 Å². The minimum atomic E-state index is -0.524. The van der Waals surface area contributed by atoms with Crippen LogP contribution < -0.4 is 19.9 Å². The fourth-order valence-corrected chi connectivity index (χ4v) is 3.69. The highest BCUT2D eigenvalue weighted by Crippen LogP contribution is 2.47. The lowest BCUT2D eigenvalue weighted by Crippen LogP contribution is -2.21. The number of phenolic OH excluding ortho intramolecular Hbond substituents is 1. The zero-order valence-corrected chi connectivity index (χ0v) is 17.2. The van der Waals surface area contributed by atoms with Crippen molar-refractivity contribution in [2.24, 2.45) is 5.73 Å². The molecule has 0 amide bonds. The van der Waals surface area contributed by atoms with Gasteiger partial charge in [-0.3, -0.25) is 5.10 Å². The van der Waals surface area contributed by atoms with Crippen molar-refractivity contribution in [2.75, 3.05) is 13.2 Å². The largest absolute Gasteiger partial charge is 0.508 e. The van der Waals surface area contributed by atoms with E-state index < -0.39 is 5.92 Å². The molecule has 0 spiro atoms. The zero-order chi connectivity index (χ0) is 22.0. The van der Waals surface area contributed by atoms with Gasteiger partial charge in [0.05, 0.1) is 30.4 Å². The Hall–Kier alpha value is -4.12. The van der Waals surface area contributed by atoms with E-state index in [-0.39, 0.29) is 17.2 Å². The van der Waals surface area contributed by atoms with Gasteiger partial charge in [-0.15, -0.1) is 5.10 Å². The van der Waals surface area contributed by atoms with Crippen LogP contribution in [0.1, 0.15) is 30.9 Å². The lowest BCUT2D eigenvalue weighted by Gasteiger charge is -2.24. The number of aromatic amines is 1. The Labute approximate surface area is 179 Å². The van der Waals surface area contributed by atoms with E-state index in [4.69, 9.17) is 19.9 Å². The Morgan fingerprint density at radius 3 is 2.58 bits per heavy atom. The van der Waals surface area contributed by atoms with E-state index >= 15 is 0 Å². The second kappa shape index (κ2) is 8.32. The second-order valence-corrected chi connectivity index (χ2v) is 6.86. The Kier molecular flexibility index (Phi) is 5.41. The molecular weight excluding hydrogens is 396 g/mol. The number of fused-ring (bicyclic) bond motifs is 1. The number of aromatic hydroxyl groups is 1. The number of nitrogens with one attached hydrogen (secondary N) is 1. The Morgan fingerprint density at radius 2 is 1.90 bits per heavy atom. The number of aromatic nitrogens is 2. The molecule has 0 bridgehead atoms. The molecule has 0 saturated heterocycles. The third-order valence-corrected chi connectivity index (χ3v) is 5.00. The van der Waals surface area contributed by atoms with Gasteiger partial charge in [0.15, 0.2) is 0 Å². The topological polar surface area (TPSA) is 126 Å². The van der Waals surface area contributed by atoms with Crippen molar-refractivity contribution >= 4 is 0 Å². The van der Waals surface area contributed by atoms with E-state index in [1.807, 2.05) is 32.0 Å². The van der Waals surface area contributed by atoms with Crippen molar-refractivity contribution in [3.05, 3.63) is 65.0 Å². The number of nitriles is 1. The normalized spacial score (nSPS) is 15.1. The molecule has 0 fully saturated rings. The summed E-state index contributed by atoms with van der Waals surface area (Å²) >= 11 is 0. The number of nitrogens with zero attached hydrogens (tertiary/aromatic N) is 2. The molecule has 0 aliphatic carbocycles. The Morgan fingerprint density at radius 1 is 1.16 bits per heavy atom. The van der Waals surface area contributed by atoms with Crippen molar-refractivity contribution in [1.82, 2.24) is 10.2 Å². The lowest BCUT2D eigenvalue weighted by atomic mass is 9.83. The molecule has 8 nitrogen and oxygen atoms in total. The van der Waals surface area contributed by atoms with Crippen LogP contribution in [0.4, 0.5) is 0 Å². The average Bonchev–Trinajstić information content (AvgIpc) is 3.17. The van der Waals surface area contributed by atoms with Crippen molar-refractivity contribution in [2.45, 2.75) is 19.8 Å². The molecule has 0 saturated carbocycles. The second-order valence-electron chi connectivity index (χ2n) is 6.86.